The number of anilines is 1. The molecule has 0 fully saturated rings. The highest BCUT2D eigenvalue weighted by atomic mass is 32.2. The Morgan fingerprint density at radius 3 is 2.47 bits per heavy atom. The van der Waals surface area contributed by atoms with Crippen LogP contribution in [0, 0.1) is 6.92 Å². The number of amides is 1. The van der Waals surface area contributed by atoms with Crippen LogP contribution in [-0.2, 0) is 14.8 Å². The molecule has 0 saturated heterocycles. The number of carbonyl (C=O) groups excluding carboxylic acids is 1. The number of benzene rings is 1. The molecule has 0 aromatic heterocycles. The monoisotopic (exact) mass is 287 g/mol. The molecule has 0 aliphatic carbocycles. The van der Waals surface area contributed by atoms with E-state index in [2.05, 4.69) is 4.72 Å². The Morgan fingerprint density at radius 1 is 1.42 bits per heavy atom. The summed E-state index contributed by atoms with van der Waals surface area (Å²) in [6.45, 7) is 3.08. The molecule has 1 atom stereocenters. The lowest BCUT2D eigenvalue weighted by molar-refractivity contribution is -0.119. The number of methoxy groups -OCH3 is 1. The predicted octanol–water partition coefficient (Wildman–Crippen LogP) is -0.262. The standard InChI is InChI=1S/C11H17N3O4S/c1-6-4-9(18-3)10(5-8(6)12)19(16,17)14-7(2)11(13)15/h4-5,7,14H,12H2,1-3H3,(H2,13,15). The van der Waals surface area contributed by atoms with Gasteiger partial charge in [0.1, 0.15) is 10.6 Å². The Kier molecular flexibility index (Phi) is 4.38. The smallest absolute Gasteiger partial charge is 0.245 e. The molecule has 7 nitrogen and oxygen atoms in total. The van der Waals surface area contributed by atoms with Gasteiger partial charge in [-0.2, -0.15) is 4.72 Å². The summed E-state index contributed by atoms with van der Waals surface area (Å²) in [7, 11) is -2.59. The number of aryl methyl sites for hydroxylation is 1. The zero-order chi connectivity index (χ0) is 14.8. The zero-order valence-corrected chi connectivity index (χ0v) is 11.7. The fraction of sp³-hybridized carbons (Fsp3) is 0.364. The molecule has 1 rings (SSSR count). The number of nitrogen functional groups attached to an aromatic ring is 1. The number of sulfonamides is 1. The number of nitrogens with one attached hydrogen (secondary N) is 1. The molecule has 0 aliphatic heterocycles. The van der Waals surface area contributed by atoms with Gasteiger partial charge in [-0.3, -0.25) is 4.79 Å². The van der Waals surface area contributed by atoms with Gasteiger partial charge in [0, 0.05) is 5.69 Å². The van der Waals surface area contributed by atoms with E-state index in [-0.39, 0.29) is 10.6 Å². The van der Waals surface area contributed by atoms with Gasteiger partial charge in [0.25, 0.3) is 0 Å². The molecule has 1 aromatic rings. The van der Waals surface area contributed by atoms with Crippen molar-refractivity contribution in [3.05, 3.63) is 17.7 Å². The summed E-state index contributed by atoms with van der Waals surface area (Å²) < 4.78 is 31.4. The Balaban J connectivity index is 3.28. The fourth-order valence-corrected chi connectivity index (χ4v) is 2.80. The van der Waals surface area contributed by atoms with Crippen molar-refractivity contribution in [2.75, 3.05) is 12.8 Å². The molecule has 1 aromatic carbocycles. The lowest BCUT2D eigenvalue weighted by Crippen LogP contribution is -2.42. The van der Waals surface area contributed by atoms with E-state index in [0.717, 1.165) is 0 Å². The van der Waals surface area contributed by atoms with Crippen molar-refractivity contribution in [1.29, 1.82) is 0 Å². The van der Waals surface area contributed by atoms with Gasteiger partial charge in [-0.15, -0.1) is 0 Å². The molecular weight excluding hydrogens is 270 g/mol. The van der Waals surface area contributed by atoms with Crippen LogP contribution in [0.25, 0.3) is 0 Å². The van der Waals surface area contributed by atoms with Crippen molar-refractivity contribution < 1.29 is 17.9 Å². The highest BCUT2D eigenvalue weighted by Gasteiger charge is 2.24. The summed E-state index contributed by atoms with van der Waals surface area (Å²) in [5.41, 5.74) is 11.7. The van der Waals surface area contributed by atoms with Crippen molar-refractivity contribution >= 4 is 21.6 Å². The van der Waals surface area contributed by atoms with Crippen LogP contribution in [0.15, 0.2) is 17.0 Å². The molecule has 19 heavy (non-hydrogen) atoms. The number of hydrogen-bond acceptors (Lipinski definition) is 5. The molecule has 0 saturated carbocycles. The minimum atomic E-state index is -3.94. The average Bonchev–Trinajstić information content (AvgIpc) is 2.31. The second kappa shape index (κ2) is 5.45. The highest BCUT2D eigenvalue weighted by molar-refractivity contribution is 7.89. The van der Waals surface area contributed by atoms with Crippen LogP contribution < -0.4 is 20.9 Å². The molecule has 0 spiro atoms. The van der Waals surface area contributed by atoms with Gasteiger partial charge in [0.15, 0.2) is 0 Å². The summed E-state index contributed by atoms with van der Waals surface area (Å²) in [4.78, 5) is 10.8. The summed E-state index contributed by atoms with van der Waals surface area (Å²) in [5, 5.41) is 0. The molecular formula is C11H17N3O4S. The Labute approximate surface area is 112 Å². The SMILES string of the molecule is COc1cc(C)c(N)cc1S(=O)(=O)NC(C)C(N)=O. The van der Waals surface area contributed by atoms with E-state index in [1.807, 2.05) is 0 Å². The molecule has 1 amide bonds. The lowest BCUT2D eigenvalue weighted by atomic mass is 10.2. The quantitative estimate of drug-likeness (QED) is 0.643. The van der Waals surface area contributed by atoms with Crippen molar-refractivity contribution in [3.63, 3.8) is 0 Å². The third-order valence-electron chi connectivity index (χ3n) is 2.60. The Morgan fingerprint density at radius 2 is 2.00 bits per heavy atom. The normalized spacial score (nSPS) is 13.0. The second-order valence-corrected chi connectivity index (χ2v) is 5.79. The second-order valence-electron chi connectivity index (χ2n) is 4.11. The van der Waals surface area contributed by atoms with Crippen LogP contribution >= 0.6 is 0 Å². The van der Waals surface area contributed by atoms with Crippen LogP contribution in [0.3, 0.4) is 0 Å². The van der Waals surface area contributed by atoms with Crippen molar-refractivity contribution in [1.82, 2.24) is 4.72 Å². The van der Waals surface area contributed by atoms with E-state index in [4.69, 9.17) is 16.2 Å². The van der Waals surface area contributed by atoms with Crippen LogP contribution in [0.4, 0.5) is 5.69 Å². The summed E-state index contributed by atoms with van der Waals surface area (Å²) in [6.07, 6.45) is 0. The zero-order valence-electron chi connectivity index (χ0n) is 10.9. The van der Waals surface area contributed by atoms with E-state index in [1.165, 1.54) is 26.2 Å². The molecule has 0 radical (unpaired) electrons. The van der Waals surface area contributed by atoms with Gasteiger partial charge in [-0.25, -0.2) is 8.42 Å². The van der Waals surface area contributed by atoms with Crippen LogP contribution in [0.5, 0.6) is 5.75 Å². The largest absolute Gasteiger partial charge is 0.495 e. The van der Waals surface area contributed by atoms with Gasteiger partial charge >= 0.3 is 0 Å². The number of rotatable bonds is 5. The van der Waals surface area contributed by atoms with E-state index < -0.39 is 22.0 Å². The first-order chi connectivity index (χ1) is 8.69. The average molecular weight is 287 g/mol. The molecule has 0 heterocycles. The van der Waals surface area contributed by atoms with E-state index in [9.17, 15) is 13.2 Å². The third-order valence-corrected chi connectivity index (χ3v) is 4.16. The van der Waals surface area contributed by atoms with Gasteiger partial charge in [-0.05, 0) is 31.5 Å². The summed E-state index contributed by atoms with van der Waals surface area (Å²) in [5.74, 6) is -0.626. The van der Waals surface area contributed by atoms with E-state index >= 15 is 0 Å². The van der Waals surface area contributed by atoms with Crippen LogP contribution in [0.2, 0.25) is 0 Å². The highest BCUT2D eigenvalue weighted by Crippen LogP contribution is 2.28. The maximum Gasteiger partial charge on any atom is 0.245 e. The maximum absolute atomic E-state index is 12.1. The fourth-order valence-electron chi connectivity index (χ4n) is 1.40. The molecule has 106 valence electrons. The van der Waals surface area contributed by atoms with E-state index in [1.54, 1.807) is 6.92 Å². The number of carbonyl (C=O) groups is 1. The van der Waals surface area contributed by atoms with Gasteiger partial charge < -0.3 is 16.2 Å². The minimum absolute atomic E-state index is 0.133. The maximum atomic E-state index is 12.1. The summed E-state index contributed by atoms with van der Waals surface area (Å²) in [6, 6.07) is 1.76. The number of hydrogen-bond donors (Lipinski definition) is 3. The molecule has 8 heteroatoms. The molecule has 5 N–H and O–H groups in total. The molecule has 0 aliphatic rings. The van der Waals surface area contributed by atoms with Crippen LogP contribution in [-0.4, -0.2) is 27.5 Å². The topological polar surface area (TPSA) is 125 Å². The third kappa shape index (κ3) is 3.36. The van der Waals surface area contributed by atoms with Crippen molar-refractivity contribution in [2.24, 2.45) is 5.73 Å². The minimum Gasteiger partial charge on any atom is -0.495 e. The van der Waals surface area contributed by atoms with Crippen molar-refractivity contribution in [2.45, 2.75) is 24.8 Å². The number of primary amides is 1. The van der Waals surface area contributed by atoms with Gasteiger partial charge in [-0.1, -0.05) is 0 Å². The van der Waals surface area contributed by atoms with E-state index in [0.29, 0.717) is 11.3 Å². The first kappa shape index (κ1) is 15.3. The Bertz CT molecular complexity index is 598. The van der Waals surface area contributed by atoms with Gasteiger partial charge in [0.05, 0.1) is 13.2 Å². The molecule has 1 unspecified atom stereocenters. The van der Waals surface area contributed by atoms with Gasteiger partial charge in [0.2, 0.25) is 15.9 Å². The Hall–Kier alpha value is -1.80. The lowest BCUT2D eigenvalue weighted by Gasteiger charge is -2.15. The van der Waals surface area contributed by atoms with Crippen LogP contribution in [0.1, 0.15) is 12.5 Å². The predicted molar refractivity (Wildman–Crippen MR) is 71.1 cm³/mol. The first-order valence-corrected chi connectivity index (χ1v) is 6.93. The molecule has 0 bridgehead atoms. The van der Waals surface area contributed by atoms with Crippen molar-refractivity contribution in [3.8, 4) is 5.75 Å². The first-order valence-electron chi connectivity index (χ1n) is 5.44. The summed E-state index contributed by atoms with van der Waals surface area (Å²) >= 11 is 0. The number of ether oxygens (including phenoxy) is 1. The number of nitrogens with two attached hydrogens (primary N) is 2.